The Bertz CT molecular complexity index is 371. The first-order valence-electron chi connectivity index (χ1n) is 6.72. The van der Waals surface area contributed by atoms with Gasteiger partial charge < -0.3 is 10.4 Å². The summed E-state index contributed by atoms with van der Waals surface area (Å²) in [5.41, 5.74) is 1.22. The van der Waals surface area contributed by atoms with E-state index in [-0.39, 0.29) is 18.5 Å². The molecule has 0 amide bonds. The van der Waals surface area contributed by atoms with E-state index in [1.807, 2.05) is 12.1 Å². The van der Waals surface area contributed by atoms with Crippen LogP contribution in [0.3, 0.4) is 0 Å². The molecular weight excluding hydrogens is 229 g/mol. The fraction of sp³-hybridized carbons (Fsp3) is 0.600. The largest absolute Gasteiger partial charge is 0.395 e. The average Bonchev–Trinajstić information content (AvgIpc) is 2.29. The van der Waals surface area contributed by atoms with E-state index >= 15 is 0 Å². The van der Waals surface area contributed by atoms with E-state index in [4.69, 9.17) is 0 Å². The van der Waals surface area contributed by atoms with Gasteiger partial charge in [0.25, 0.3) is 0 Å². The number of rotatable bonds is 5. The Balaban J connectivity index is 1.81. The minimum atomic E-state index is -0.173. The van der Waals surface area contributed by atoms with Crippen molar-refractivity contribution >= 4 is 0 Å². The van der Waals surface area contributed by atoms with Crippen molar-refractivity contribution in [3.63, 3.8) is 0 Å². The molecule has 0 heterocycles. The summed E-state index contributed by atoms with van der Waals surface area (Å²) >= 11 is 0. The number of aliphatic hydroxyl groups is 1. The lowest BCUT2D eigenvalue weighted by atomic mass is 9.75. The zero-order chi connectivity index (χ0) is 13.1. The molecule has 1 atom stereocenters. The summed E-state index contributed by atoms with van der Waals surface area (Å²) in [6, 6.07) is 7.48. The van der Waals surface area contributed by atoms with Gasteiger partial charge in [-0.05, 0) is 42.4 Å². The molecule has 1 saturated carbocycles. The highest BCUT2D eigenvalue weighted by molar-refractivity contribution is 5.23. The molecule has 1 aliphatic rings. The van der Waals surface area contributed by atoms with E-state index in [1.54, 1.807) is 0 Å². The van der Waals surface area contributed by atoms with E-state index in [0.717, 1.165) is 12.8 Å². The van der Waals surface area contributed by atoms with Crippen LogP contribution in [-0.4, -0.2) is 23.8 Å². The van der Waals surface area contributed by atoms with Gasteiger partial charge in [0.1, 0.15) is 5.82 Å². The SMILES string of the molecule is CC(C)C(CO)NC1CC(c2ccc(F)cc2)C1. The van der Waals surface area contributed by atoms with Crippen molar-refractivity contribution in [2.24, 2.45) is 5.92 Å². The molecule has 18 heavy (non-hydrogen) atoms. The summed E-state index contributed by atoms with van der Waals surface area (Å²) < 4.78 is 12.8. The Labute approximate surface area is 108 Å². The van der Waals surface area contributed by atoms with Crippen LogP contribution in [0.15, 0.2) is 24.3 Å². The third kappa shape index (κ3) is 3.09. The summed E-state index contributed by atoms with van der Waals surface area (Å²) in [5.74, 6) is 0.808. The molecule has 3 heteroatoms. The van der Waals surface area contributed by atoms with Gasteiger partial charge >= 0.3 is 0 Å². The lowest BCUT2D eigenvalue weighted by Gasteiger charge is -2.39. The highest BCUT2D eigenvalue weighted by atomic mass is 19.1. The normalized spacial score (nSPS) is 24.9. The minimum absolute atomic E-state index is 0.173. The second kappa shape index (κ2) is 5.81. The van der Waals surface area contributed by atoms with E-state index in [2.05, 4.69) is 19.2 Å². The molecule has 0 bridgehead atoms. The van der Waals surface area contributed by atoms with Crippen molar-refractivity contribution < 1.29 is 9.50 Å². The highest BCUT2D eigenvalue weighted by Crippen LogP contribution is 2.37. The zero-order valence-corrected chi connectivity index (χ0v) is 11.1. The van der Waals surface area contributed by atoms with E-state index < -0.39 is 0 Å². The number of halogens is 1. The summed E-state index contributed by atoms with van der Waals surface area (Å²) in [4.78, 5) is 0. The lowest BCUT2D eigenvalue weighted by molar-refractivity contribution is 0.169. The first kappa shape index (κ1) is 13.5. The Morgan fingerprint density at radius 3 is 2.39 bits per heavy atom. The van der Waals surface area contributed by atoms with Crippen molar-refractivity contribution in [3.8, 4) is 0 Å². The van der Waals surface area contributed by atoms with E-state index in [9.17, 15) is 9.50 Å². The van der Waals surface area contributed by atoms with Gasteiger partial charge in [0.05, 0.1) is 6.61 Å². The van der Waals surface area contributed by atoms with Crippen molar-refractivity contribution in [3.05, 3.63) is 35.6 Å². The summed E-state index contributed by atoms with van der Waals surface area (Å²) in [5, 5.41) is 12.8. The van der Waals surface area contributed by atoms with Gasteiger partial charge in [-0.3, -0.25) is 0 Å². The van der Waals surface area contributed by atoms with Crippen molar-refractivity contribution in [1.82, 2.24) is 5.32 Å². The van der Waals surface area contributed by atoms with Crippen LogP contribution in [0.5, 0.6) is 0 Å². The Kier molecular flexibility index (Phi) is 4.36. The topological polar surface area (TPSA) is 32.3 Å². The predicted octanol–water partition coefficient (Wildman–Crippen LogP) is 2.68. The molecule has 1 unspecified atom stereocenters. The third-order valence-corrected chi connectivity index (χ3v) is 3.93. The molecule has 2 rings (SSSR count). The minimum Gasteiger partial charge on any atom is -0.395 e. The number of hydrogen-bond donors (Lipinski definition) is 2. The van der Waals surface area contributed by atoms with E-state index in [1.165, 1.54) is 17.7 Å². The maximum absolute atomic E-state index is 12.8. The fourth-order valence-electron chi connectivity index (χ4n) is 2.52. The van der Waals surface area contributed by atoms with Gasteiger partial charge in [-0.15, -0.1) is 0 Å². The first-order valence-corrected chi connectivity index (χ1v) is 6.72. The van der Waals surface area contributed by atoms with Crippen LogP contribution in [0.1, 0.15) is 38.2 Å². The molecule has 1 fully saturated rings. The molecule has 0 saturated heterocycles. The van der Waals surface area contributed by atoms with Gasteiger partial charge in [0.15, 0.2) is 0 Å². The van der Waals surface area contributed by atoms with Crippen LogP contribution in [0.4, 0.5) is 4.39 Å². The van der Waals surface area contributed by atoms with Crippen molar-refractivity contribution in [2.75, 3.05) is 6.61 Å². The molecule has 1 aromatic rings. The second-order valence-corrected chi connectivity index (χ2v) is 5.62. The monoisotopic (exact) mass is 251 g/mol. The smallest absolute Gasteiger partial charge is 0.123 e. The quantitative estimate of drug-likeness (QED) is 0.843. The van der Waals surface area contributed by atoms with Crippen LogP contribution in [-0.2, 0) is 0 Å². The van der Waals surface area contributed by atoms with Gasteiger partial charge in [0, 0.05) is 12.1 Å². The first-order chi connectivity index (χ1) is 8.60. The van der Waals surface area contributed by atoms with Gasteiger partial charge in [-0.2, -0.15) is 0 Å². The molecule has 0 aliphatic heterocycles. The van der Waals surface area contributed by atoms with Gasteiger partial charge in [0.2, 0.25) is 0 Å². The maximum Gasteiger partial charge on any atom is 0.123 e. The van der Waals surface area contributed by atoms with Gasteiger partial charge in [-0.1, -0.05) is 26.0 Å². The third-order valence-electron chi connectivity index (χ3n) is 3.93. The summed E-state index contributed by atoms with van der Waals surface area (Å²) in [6.07, 6.45) is 2.16. The second-order valence-electron chi connectivity index (χ2n) is 5.62. The lowest BCUT2D eigenvalue weighted by Crippen LogP contribution is -2.49. The van der Waals surface area contributed by atoms with Crippen LogP contribution < -0.4 is 5.32 Å². The number of nitrogens with one attached hydrogen (secondary N) is 1. The Morgan fingerprint density at radius 2 is 1.89 bits per heavy atom. The molecule has 2 N–H and O–H groups in total. The highest BCUT2D eigenvalue weighted by Gasteiger charge is 2.31. The molecule has 1 aliphatic carbocycles. The van der Waals surface area contributed by atoms with Crippen molar-refractivity contribution in [1.29, 1.82) is 0 Å². The molecule has 0 radical (unpaired) electrons. The van der Waals surface area contributed by atoms with Crippen LogP contribution >= 0.6 is 0 Å². The number of benzene rings is 1. The van der Waals surface area contributed by atoms with Crippen LogP contribution in [0.2, 0.25) is 0 Å². The number of aliphatic hydroxyl groups excluding tert-OH is 1. The summed E-state index contributed by atoms with van der Waals surface area (Å²) in [7, 11) is 0. The molecule has 100 valence electrons. The zero-order valence-electron chi connectivity index (χ0n) is 11.1. The fourth-order valence-corrected chi connectivity index (χ4v) is 2.52. The van der Waals surface area contributed by atoms with Crippen molar-refractivity contribution in [2.45, 2.75) is 44.7 Å². The molecular formula is C15H22FNO. The number of hydrogen-bond acceptors (Lipinski definition) is 2. The Morgan fingerprint density at radius 1 is 1.28 bits per heavy atom. The van der Waals surface area contributed by atoms with Crippen LogP contribution in [0.25, 0.3) is 0 Å². The standard InChI is InChI=1S/C15H22FNO/c1-10(2)15(9-18)17-14-7-12(8-14)11-3-5-13(16)6-4-11/h3-6,10,12,14-15,17-18H,7-9H2,1-2H3. The molecule has 1 aromatic carbocycles. The Hall–Kier alpha value is -0.930. The van der Waals surface area contributed by atoms with Crippen LogP contribution in [0, 0.1) is 11.7 Å². The van der Waals surface area contributed by atoms with E-state index in [0.29, 0.717) is 17.9 Å². The molecule has 2 nitrogen and oxygen atoms in total. The maximum atomic E-state index is 12.8. The average molecular weight is 251 g/mol. The van der Waals surface area contributed by atoms with Gasteiger partial charge in [-0.25, -0.2) is 4.39 Å². The molecule has 0 aromatic heterocycles. The molecule has 0 spiro atoms. The summed E-state index contributed by atoms with van der Waals surface area (Å²) in [6.45, 7) is 4.42. The predicted molar refractivity (Wildman–Crippen MR) is 71.0 cm³/mol.